The average molecular weight is 683 g/mol. The Labute approximate surface area is 308 Å². The molecule has 1 heterocycles. The molecule has 1 aromatic heterocycles. The number of aliphatic hydroxyl groups is 2. The summed E-state index contributed by atoms with van der Waals surface area (Å²) in [4.78, 5) is 37.6. The van der Waals surface area contributed by atoms with Crippen LogP contribution in [0, 0.1) is 5.82 Å². The first-order chi connectivity index (χ1) is 22.8. The molecule has 3 aromatic carbocycles. The molecule has 2 atom stereocenters. The van der Waals surface area contributed by atoms with Gasteiger partial charge in [0.1, 0.15) is 11.5 Å². The summed E-state index contributed by atoms with van der Waals surface area (Å²) in [6.45, 7) is 7.63. The number of hydrogen-bond donors (Lipinski definition) is 4. The van der Waals surface area contributed by atoms with Gasteiger partial charge in [-0.15, -0.1) is 0 Å². The zero-order chi connectivity index (χ0) is 35.0. The Kier molecular flexibility index (Phi) is 14.8. The van der Waals surface area contributed by atoms with Crippen LogP contribution in [0.5, 0.6) is 0 Å². The van der Waals surface area contributed by atoms with Crippen LogP contribution in [-0.2, 0) is 22.5 Å². The summed E-state index contributed by atoms with van der Waals surface area (Å²) in [5, 5.41) is 33.0. The zero-order valence-corrected chi connectivity index (χ0v) is 27.7. The molecule has 0 aliphatic rings. The Hall–Kier alpha value is -3.80. The zero-order valence-electron chi connectivity index (χ0n) is 27.7. The number of ether oxygens (including phenoxy) is 1. The standard InChI is InChI=1S/C38H43FN2O7.Na.H/c1-23(2)41-32(19-18-30(42)20-31(43)21-33(44)45)34(27-14-16-29(39)17-15-27)35(26-8-6-5-7-9-26)36(41)37(46)40-22-25-10-12-28(13-11-25)38(47)48-24(3)4;;/h5-17,23-24,30-31,42-43H,18-22H2,1-4H3,(H,40,46)(H,44,45);;/t30-,31-;;/m1../s1. The van der Waals surface area contributed by atoms with E-state index in [0.29, 0.717) is 27.9 Å². The van der Waals surface area contributed by atoms with E-state index in [1.54, 1.807) is 50.2 Å². The molecule has 4 N–H and O–H groups in total. The molecule has 0 unspecified atom stereocenters. The molecule has 11 heteroatoms. The van der Waals surface area contributed by atoms with Crippen LogP contribution in [0.4, 0.5) is 4.39 Å². The first-order valence-corrected chi connectivity index (χ1v) is 16.1. The summed E-state index contributed by atoms with van der Waals surface area (Å²) in [6, 6.07) is 22.1. The molecule has 1 amide bonds. The van der Waals surface area contributed by atoms with E-state index in [1.165, 1.54) is 12.1 Å². The average Bonchev–Trinajstić information content (AvgIpc) is 3.38. The van der Waals surface area contributed by atoms with Crippen molar-refractivity contribution < 1.29 is 38.8 Å². The van der Waals surface area contributed by atoms with Gasteiger partial charge in [-0.1, -0.05) is 54.6 Å². The van der Waals surface area contributed by atoms with Crippen molar-refractivity contribution in [3.05, 3.63) is 107 Å². The van der Waals surface area contributed by atoms with E-state index in [4.69, 9.17) is 9.84 Å². The van der Waals surface area contributed by atoms with Crippen LogP contribution >= 0.6 is 0 Å². The maximum atomic E-state index is 14.3. The first kappa shape index (κ1) is 39.6. The molecule has 9 nitrogen and oxygen atoms in total. The molecular weight excluding hydrogens is 638 g/mol. The number of amides is 1. The fraction of sp³-hybridized carbons (Fsp3) is 0.342. The van der Waals surface area contributed by atoms with Gasteiger partial charge in [0.15, 0.2) is 0 Å². The molecule has 49 heavy (non-hydrogen) atoms. The van der Waals surface area contributed by atoms with Crippen molar-refractivity contribution in [2.45, 2.75) is 84.3 Å². The molecule has 0 fully saturated rings. The third-order valence-electron chi connectivity index (χ3n) is 7.89. The molecule has 256 valence electrons. The number of carboxylic acid groups (broad SMARTS) is 1. The molecule has 4 aromatic rings. The second kappa shape index (κ2) is 18.3. The molecule has 0 spiro atoms. The summed E-state index contributed by atoms with van der Waals surface area (Å²) in [5.74, 6) is -2.34. The van der Waals surface area contributed by atoms with Crippen LogP contribution in [0.15, 0.2) is 78.9 Å². The third kappa shape index (κ3) is 10.6. The Morgan fingerprint density at radius 2 is 1.45 bits per heavy atom. The summed E-state index contributed by atoms with van der Waals surface area (Å²) >= 11 is 0. The van der Waals surface area contributed by atoms with E-state index in [-0.39, 0.29) is 73.4 Å². The van der Waals surface area contributed by atoms with Crippen molar-refractivity contribution in [3.8, 4) is 22.3 Å². The SMILES string of the molecule is CC(C)OC(=O)c1ccc(CNC(=O)c2c(-c3ccccc3)c(-c3ccc(F)cc3)c(CC[C@@H](O)C[C@@H](O)CC(=O)O)n2C(C)C)cc1.[NaH]. The number of aromatic nitrogens is 1. The van der Waals surface area contributed by atoms with E-state index in [0.717, 1.165) is 16.8 Å². The first-order valence-electron chi connectivity index (χ1n) is 16.1. The minimum absolute atomic E-state index is 0. The third-order valence-corrected chi connectivity index (χ3v) is 7.89. The molecule has 0 aliphatic heterocycles. The molecule has 0 aliphatic carbocycles. The number of aliphatic hydroxyl groups excluding tert-OH is 2. The van der Waals surface area contributed by atoms with Gasteiger partial charge in [-0.3, -0.25) is 9.59 Å². The number of carbonyl (C=O) groups excluding carboxylic acids is 2. The number of esters is 1. The van der Waals surface area contributed by atoms with Gasteiger partial charge in [-0.25, -0.2) is 9.18 Å². The predicted molar refractivity (Wildman–Crippen MR) is 188 cm³/mol. The number of nitrogens with one attached hydrogen (secondary N) is 1. The van der Waals surface area contributed by atoms with Gasteiger partial charge in [0.05, 0.1) is 30.3 Å². The molecule has 4 rings (SSSR count). The van der Waals surface area contributed by atoms with Gasteiger partial charge in [0.2, 0.25) is 0 Å². The second-order valence-corrected chi connectivity index (χ2v) is 12.4. The summed E-state index contributed by atoms with van der Waals surface area (Å²) in [6.07, 6.45) is -2.59. The summed E-state index contributed by atoms with van der Waals surface area (Å²) in [7, 11) is 0. The van der Waals surface area contributed by atoms with Gasteiger partial charge in [0, 0.05) is 29.4 Å². The molecular formula is C38H44FN2NaO7. The van der Waals surface area contributed by atoms with Crippen molar-refractivity contribution in [1.82, 2.24) is 9.88 Å². The number of aliphatic carboxylic acids is 1. The van der Waals surface area contributed by atoms with Crippen LogP contribution in [0.1, 0.15) is 85.1 Å². The Morgan fingerprint density at radius 3 is 2.02 bits per heavy atom. The fourth-order valence-corrected chi connectivity index (χ4v) is 5.82. The molecule has 0 bridgehead atoms. The van der Waals surface area contributed by atoms with E-state index in [2.05, 4.69) is 5.32 Å². The van der Waals surface area contributed by atoms with E-state index in [1.807, 2.05) is 48.7 Å². The molecule has 0 radical (unpaired) electrons. The topological polar surface area (TPSA) is 138 Å². The van der Waals surface area contributed by atoms with Crippen LogP contribution < -0.4 is 5.32 Å². The fourth-order valence-electron chi connectivity index (χ4n) is 5.82. The number of benzene rings is 3. The van der Waals surface area contributed by atoms with E-state index in [9.17, 15) is 29.0 Å². The Balaban J connectivity index is 0.00000650. The molecule has 0 saturated carbocycles. The number of nitrogens with zero attached hydrogens (tertiary/aromatic N) is 1. The summed E-state index contributed by atoms with van der Waals surface area (Å²) < 4.78 is 21.3. The van der Waals surface area contributed by atoms with Crippen molar-refractivity contribution in [2.75, 3.05) is 0 Å². The quantitative estimate of drug-likeness (QED) is 0.0904. The van der Waals surface area contributed by atoms with Gasteiger partial charge >= 0.3 is 41.5 Å². The number of hydrogen-bond acceptors (Lipinski definition) is 6. The normalized spacial score (nSPS) is 12.3. The van der Waals surface area contributed by atoms with Crippen molar-refractivity contribution in [3.63, 3.8) is 0 Å². The van der Waals surface area contributed by atoms with Crippen molar-refractivity contribution in [1.29, 1.82) is 0 Å². The second-order valence-electron chi connectivity index (χ2n) is 12.4. The maximum absolute atomic E-state index is 14.3. The van der Waals surface area contributed by atoms with Gasteiger partial charge in [-0.2, -0.15) is 0 Å². The number of rotatable bonds is 15. The van der Waals surface area contributed by atoms with Gasteiger partial charge in [-0.05, 0) is 87.9 Å². The number of carbonyl (C=O) groups is 3. The number of halogens is 1. The monoisotopic (exact) mass is 682 g/mol. The molecule has 0 saturated heterocycles. The van der Waals surface area contributed by atoms with Crippen molar-refractivity contribution in [2.24, 2.45) is 0 Å². The van der Waals surface area contributed by atoms with Crippen molar-refractivity contribution >= 4 is 47.4 Å². The van der Waals surface area contributed by atoms with Crippen LogP contribution in [-0.4, -0.2) is 85.6 Å². The summed E-state index contributed by atoms with van der Waals surface area (Å²) in [5.41, 5.74) is 5.13. The van der Waals surface area contributed by atoms with Gasteiger partial charge in [0.25, 0.3) is 5.91 Å². The Bertz CT molecular complexity index is 1700. The van der Waals surface area contributed by atoms with E-state index < -0.39 is 36.4 Å². The Morgan fingerprint density at radius 1 is 0.837 bits per heavy atom. The minimum atomic E-state index is -1.21. The van der Waals surface area contributed by atoms with E-state index >= 15 is 0 Å². The van der Waals surface area contributed by atoms with Crippen LogP contribution in [0.25, 0.3) is 22.3 Å². The van der Waals surface area contributed by atoms with Gasteiger partial charge < -0.3 is 29.9 Å². The van der Waals surface area contributed by atoms with Crippen LogP contribution in [0.3, 0.4) is 0 Å². The number of carboxylic acids is 1. The predicted octanol–water partition coefficient (Wildman–Crippen LogP) is 5.91. The van der Waals surface area contributed by atoms with Crippen LogP contribution in [0.2, 0.25) is 0 Å².